The molecule has 1 aliphatic carbocycles. The predicted octanol–water partition coefficient (Wildman–Crippen LogP) is 4.07. The Morgan fingerprint density at radius 2 is 2.03 bits per heavy atom. The Hall–Kier alpha value is -3.49. The fraction of sp³-hybridized carbons (Fsp3) is 0.440. The van der Waals surface area contributed by atoms with Crippen LogP contribution in [0.2, 0.25) is 0 Å². The Bertz CT molecular complexity index is 1230. The summed E-state index contributed by atoms with van der Waals surface area (Å²) in [6, 6.07) is 3.31. The molecule has 0 aromatic carbocycles. The molecule has 8 nitrogen and oxygen atoms in total. The van der Waals surface area contributed by atoms with Crippen molar-refractivity contribution in [2.45, 2.75) is 58.7 Å². The van der Waals surface area contributed by atoms with Crippen LogP contribution in [0, 0.1) is 18.7 Å². The number of hydrogen-bond acceptors (Lipinski definition) is 6. The average Bonchev–Trinajstić information content (AvgIpc) is 3.52. The lowest BCUT2D eigenvalue weighted by molar-refractivity contribution is -0.118. The second kappa shape index (κ2) is 8.70. The molecule has 0 spiro atoms. The second-order valence-corrected chi connectivity index (χ2v) is 9.66. The Kier molecular flexibility index (Phi) is 5.71. The maximum atomic E-state index is 14.3. The van der Waals surface area contributed by atoms with Gasteiger partial charge in [0.05, 0.1) is 35.5 Å². The van der Waals surface area contributed by atoms with Gasteiger partial charge in [-0.2, -0.15) is 5.10 Å². The van der Waals surface area contributed by atoms with Crippen molar-refractivity contribution in [2.75, 3.05) is 22.6 Å². The van der Waals surface area contributed by atoms with Crippen molar-refractivity contribution in [1.29, 1.82) is 0 Å². The van der Waals surface area contributed by atoms with Crippen molar-refractivity contribution in [1.82, 2.24) is 19.7 Å². The molecule has 0 unspecified atom stereocenters. The Balaban J connectivity index is 1.26. The second-order valence-electron chi connectivity index (χ2n) is 9.66. The minimum Gasteiger partial charge on any atom is -0.366 e. The maximum Gasteiger partial charge on any atom is 0.247 e. The van der Waals surface area contributed by atoms with Crippen LogP contribution >= 0.6 is 0 Å². The monoisotopic (exact) mass is 463 g/mol. The van der Waals surface area contributed by atoms with Gasteiger partial charge in [0.1, 0.15) is 17.7 Å². The van der Waals surface area contributed by atoms with E-state index in [0.29, 0.717) is 24.7 Å². The van der Waals surface area contributed by atoms with E-state index in [4.69, 9.17) is 0 Å². The third-order valence-corrected chi connectivity index (χ3v) is 6.52. The topological polar surface area (TPSA) is 88.0 Å². The molecule has 0 radical (unpaired) electrons. The minimum absolute atomic E-state index is 0.000263. The van der Waals surface area contributed by atoms with Crippen LogP contribution < -0.4 is 15.5 Å². The van der Waals surface area contributed by atoms with Crippen LogP contribution in [0.1, 0.15) is 55.1 Å². The number of nitrogens with one attached hydrogen (secondary N) is 2. The van der Waals surface area contributed by atoms with Gasteiger partial charge in [0, 0.05) is 43.5 Å². The Morgan fingerprint density at radius 3 is 2.74 bits per heavy atom. The average molecular weight is 464 g/mol. The van der Waals surface area contributed by atoms with Crippen LogP contribution in [-0.4, -0.2) is 38.7 Å². The number of rotatable bonds is 7. The number of likely N-dealkylation sites (N-methyl/N-ethyl adjacent to an activating group) is 1. The zero-order chi connectivity index (χ0) is 24.0. The van der Waals surface area contributed by atoms with Gasteiger partial charge in [0.25, 0.3) is 0 Å². The number of fused-ring (bicyclic) bond motifs is 1. The van der Waals surface area contributed by atoms with Gasteiger partial charge in [-0.15, -0.1) is 0 Å². The van der Waals surface area contributed by atoms with E-state index in [2.05, 4.69) is 25.7 Å². The predicted molar refractivity (Wildman–Crippen MR) is 129 cm³/mol. The van der Waals surface area contributed by atoms with Crippen molar-refractivity contribution in [3.8, 4) is 0 Å². The molecule has 34 heavy (non-hydrogen) atoms. The fourth-order valence-corrected chi connectivity index (χ4v) is 4.65. The van der Waals surface area contributed by atoms with Gasteiger partial charge in [-0.1, -0.05) is 13.8 Å². The number of halogens is 1. The Labute approximate surface area is 198 Å². The lowest BCUT2D eigenvalue weighted by Crippen LogP contribution is -2.49. The van der Waals surface area contributed by atoms with Crippen LogP contribution in [-0.2, 0) is 17.9 Å². The molecular weight excluding hydrogens is 433 g/mol. The van der Waals surface area contributed by atoms with Gasteiger partial charge in [-0.05, 0) is 37.3 Å². The van der Waals surface area contributed by atoms with E-state index in [0.717, 1.165) is 46.9 Å². The van der Waals surface area contributed by atoms with Crippen LogP contribution in [0.5, 0.6) is 0 Å². The number of carbonyl (C=O) groups excluding carboxylic acids is 1. The standard InChI is InChI=1S/C25H30FN7O/c1-14(2)24-25(34)31-22-15(3)30-21(8-20(22)32(24)4)27-10-17-11-29-33(13-17)12-16-7-19(26)23(28-9-16)18-5-6-18/h7-9,11,13-14,18,24H,5-6,10,12H2,1-4H3,(H,27,30)(H,31,34)/t24-/m0/s1. The maximum absolute atomic E-state index is 14.3. The fourth-order valence-electron chi connectivity index (χ4n) is 4.65. The highest BCUT2D eigenvalue weighted by Crippen LogP contribution is 2.40. The number of pyridine rings is 2. The van der Waals surface area contributed by atoms with Gasteiger partial charge >= 0.3 is 0 Å². The summed E-state index contributed by atoms with van der Waals surface area (Å²) in [4.78, 5) is 23.5. The highest BCUT2D eigenvalue weighted by molar-refractivity contribution is 6.04. The van der Waals surface area contributed by atoms with E-state index in [1.54, 1.807) is 23.1 Å². The molecule has 9 heteroatoms. The van der Waals surface area contributed by atoms with E-state index in [1.807, 2.05) is 45.0 Å². The van der Waals surface area contributed by atoms with E-state index >= 15 is 0 Å². The summed E-state index contributed by atoms with van der Waals surface area (Å²) in [7, 11) is 1.95. The third kappa shape index (κ3) is 4.34. The quantitative estimate of drug-likeness (QED) is 0.549. The van der Waals surface area contributed by atoms with Gasteiger partial charge in [0.2, 0.25) is 5.91 Å². The molecule has 0 saturated heterocycles. The highest BCUT2D eigenvalue weighted by Gasteiger charge is 2.34. The van der Waals surface area contributed by atoms with Crippen molar-refractivity contribution in [3.63, 3.8) is 0 Å². The molecule has 3 aromatic rings. The molecule has 2 aliphatic rings. The SMILES string of the molecule is Cc1nc(NCc2cnn(Cc3cnc(C4CC4)c(F)c3)c2)cc2c1NC(=O)[C@H](C(C)C)N2C. The zero-order valence-electron chi connectivity index (χ0n) is 20.0. The number of carbonyl (C=O) groups is 1. The van der Waals surface area contributed by atoms with E-state index < -0.39 is 0 Å². The first-order chi connectivity index (χ1) is 16.3. The van der Waals surface area contributed by atoms with Crippen molar-refractivity contribution < 1.29 is 9.18 Å². The summed E-state index contributed by atoms with van der Waals surface area (Å²) in [5, 5.41) is 10.8. The first-order valence-electron chi connectivity index (χ1n) is 11.7. The first-order valence-corrected chi connectivity index (χ1v) is 11.7. The van der Waals surface area contributed by atoms with Crippen molar-refractivity contribution >= 4 is 23.1 Å². The van der Waals surface area contributed by atoms with Gasteiger partial charge in [0.15, 0.2) is 0 Å². The summed E-state index contributed by atoms with van der Waals surface area (Å²) < 4.78 is 16.1. The molecule has 178 valence electrons. The van der Waals surface area contributed by atoms with Gasteiger partial charge in [-0.3, -0.25) is 14.5 Å². The molecule has 1 atom stereocenters. The number of amides is 1. The number of anilines is 3. The molecule has 1 amide bonds. The minimum atomic E-state index is -0.224. The summed E-state index contributed by atoms with van der Waals surface area (Å²) in [5.41, 5.74) is 4.85. The lowest BCUT2D eigenvalue weighted by atomic mass is 9.98. The molecular formula is C25H30FN7O. The lowest BCUT2D eigenvalue weighted by Gasteiger charge is -2.38. The molecule has 3 aromatic heterocycles. The summed E-state index contributed by atoms with van der Waals surface area (Å²) in [5.74, 6) is 0.993. The molecule has 1 fully saturated rings. The van der Waals surface area contributed by atoms with E-state index in [9.17, 15) is 9.18 Å². The van der Waals surface area contributed by atoms with E-state index in [-0.39, 0.29) is 23.7 Å². The van der Waals surface area contributed by atoms with Crippen molar-refractivity contribution in [2.24, 2.45) is 5.92 Å². The first kappa shape index (κ1) is 22.3. The normalized spacial score (nSPS) is 17.6. The molecule has 4 heterocycles. The number of nitrogens with zero attached hydrogens (tertiary/aromatic N) is 5. The number of aryl methyl sites for hydroxylation is 1. The molecule has 0 bridgehead atoms. The van der Waals surface area contributed by atoms with Crippen LogP contribution in [0.3, 0.4) is 0 Å². The zero-order valence-corrected chi connectivity index (χ0v) is 20.0. The Morgan fingerprint density at radius 1 is 1.24 bits per heavy atom. The number of aromatic nitrogens is 4. The molecule has 5 rings (SSSR count). The highest BCUT2D eigenvalue weighted by atomic mass is 19.1. The van der Waals surface area contributed by atoms with E-state index in [1.165, 1.54) is 0 Å². The molecule has 2 N–H and O–H groups in total. The molecule has 1 aliphatic heterocycles. The third-order valence-electron chi connectivity index (χ3n) is 6.52. The van der Waals surface area contributed by atoms with Gasteiger partial charge < -0.3 is 15.5 Å². The number of hydrogen-bond donors (Lipinski definition) is 2. The van der Waals surface area contributed by atoms with Crippen LogP contribution in [0.25, 0.3) is 0 Å². The molecule has 1 saturated carbocycles. The summed E-state index contributed by atoms with van der Waals surface area (Å²) in [6.45, 7) is 6.99. The smallest absolute Gasteiger partial charge is 0.247 e. The van der Waals surface area contributed by atoms with Crippen LogP contribution in [0.15, 0.2) is 30.7 Å². The summed E-state index contributed by atoms with van der Waals surface area (Å²) in [6.07, 6.45) is 7.53. The summed E-state index contributed by atoms with van der Waals surface area (Å²) >= 11 is 0. The van der Waals surface area contributed by atoms with Gasteiger partial charge in [-0.25, -0.2) is 9.37 Å². The largest absolute Gasteiger partial charge is 0.366 e. The van der Waals surface area contributed by atoms with Crippen molar-refractivity contribution in [3.05, 3.63) is 59.1 Å². The van der Waals surface area contributed by atoms with Crippen LogP contribution in [0.4, 0.5) is 21.6 Å².